The number of carbonyl (C=O) groups excluding carboxylic acids is 1. The van der Waals surface area contributed by atoms with E-state index in [0.29, 0.717) is 4.83 Å². The van der Waals surface area contributed by atoms with Crippen LogP contribution in [-0.2, 0) is 0 Å². The van der Waals surface area contributed by atoms with Crippen molar-refractivity contribution in [2.24, 2.45) is 0 Å². The molecule has 0 saturated carbocycles. The van der Waals surface area contributed by atoms with E-state index in [2.05, 4.69) is 15.9 Å². The smallest absolute Gasteiger partial charge is 0.150 e. The molecule has 0 aromatic heterocycles. The lowest BCUT2D eigenvalue weighted by Crippen LogP contribution is -1.85. The van der Waals surface area contributed by atoms with Crippen molar-refractivity contribution in [2.45, 2.75) is 11.8 Å². The minimum absolute atomic E-state index is 0.308. The Morgan fingerprint density at radius 2 is 2.27 bits per heavy atom. The van der Waals surface area contributed by atoms with Gasteiger partial charge in [-0.1, -0.05) is 34.1 Å². The average Bonchev–Trinajstić information content (AvgIpc) is 2.05. The zero-order valence-corrected chi connectivity index (χ0v) is 7.84. The van der Waals surface area contributed by atoms with Gasteiger partial charge in [0.25, 0.3) is 0 Å². The van der Waals surface area contributed by atoms with Crippen LogP contribution in [0.5, 0.6) is 0 Å². The number of hydrogen-bond acceptors (Lipinski definition) is 1. The second-order valence-corrected chi connectivity index (χ2v) is 3.78. The highest BCUT2D eigenvalue weighted by atomic mass is 79.9. The number of carbonyl (C=O) groups is 1. The normalized spacial score (nSPS) is 12.5. The predicted octanol–water partition coefficient (Wildman–Crippen LogP) is 2.96. The molecule has 1 atom stereocenters. The van der Waals surface area contributed by atoms with Crippen molar-refractivity contribution in [3.63, 3.8) is 0 Å². The Morgan fingerprint density at radius 3 is 2.82 bits per heavy atom. The summed E-state index contributed by atoms with van der Waals surface area (Å²) in [6.07, 6.45) is 0.860. The molecule has 0 bridgehead atoms. The molecule has 0 amide bonds. The maximum atomic E-state index is 10.4. The van der Waals surface area contributed by atoms with Gasteiger partial charge in [0.1, 0.15) is 6.29 Å². The summed E-state index contributed by atoms with van der Waals surface area (Å²) in [6, 6.07) is 7.56. The van der Waals surface area contributed by atoms with E-state index in [4.69, 9.17) is 0 Å². The number of halogens is 1. The molecule has 0 aliphatic heterocycles. The largest absolute Gasteiger partial charge is 0.298 e. The number of aldehydes is 1. The lowest BCUT2D eigenvalue weighted by Gasteiger charge is -2.02. The topological polar surface area (TPSA) is 17.1 Å². The van der Waals surface area contributed by atoms with Crippen molar-refractivity contribution in [3.05, 3.63) is 35.4 Å². The third-order valence-electron chi connectivity index (χ3n) is 1.51. The van der Waals surface area contributed by atoms with Crippen LogP contribution in [-0.4, -0.2) is 6.29 Å². The number of benzene rings is 1. The third kappa shape index (κ3) is 2.15. The highest BCUT2D eigenvalue weighted by Crippen LogP contribution is 2.21. The van der Waals surface area contributed by atoms with Gasteiger partial charge in [-0.05, 0) is 18.6 Å². The molecule has 58 valence electrons. The molecule has 0 radical (unpaired) electrons. The van der Waals surface area contributed by atoms with Gasteiger partial charge in [-0.15, -0.1) is 0 Å². The monoisotopic (exact) mass is 212 g/mol. The van der Waals surface area contributed by atoms with E-state index in [-0.39, 0.29) is 0 Å². The van der Waals surface area contributed by atoms with Gasteiger partial charge in [0.2, 0.25) is 0 Å². The Balaban J connectivity index is 3.00. The van der Waals surface area contributed by atoms with Crippen molar-refractivity contribution >= 4 is 22.2 Å². The molecule has 11 heavy (non-hydrogen) atoms. The van der Waals surface area contributed by atoms with Crippen molar-refractivity contribution in [1.29, 1.82) is 0 Å². The first-order valence-electron chi connectivity index (χ1n) is 3.43. The minimum atomic E-state index is 0.308. The summed E-state index contributed by atoms with van der Waals surface area (Å²) in [5.41, 5.74) is 1.86. The molecule has 0 aliphatic rings. The molecule has 0 heterocycles. The van der Waals surface area contributed by atoms with E-state index in [1.165, 1.54) is 0 Å². The summed E-state index contributed by atoms with van der Waals surface area (Å²) < 4.78 is 0. The number of alkyl halides is 1. The van der Waals surface area contributed by atoms with Crippen molar-refractivity contribution in [2.75, 3.05) is 0 Å². The van der Waals surface area contributed by atoms with Gasteiger partial charge in [0.05, 0.1) is 0 Å². The highest BCUT2D eigenvalue weighted by Gasteiger charge is 1.99. The Morgan fingerprint density at radius 1 is 1.55 bits per heavy atom. The van der Waals surface area contributed by atoms with Gasteiger partial charge < -0.3 is 0 Å². The molecular weight excluding hydrogens is 204 g/mol. The first-order valence-corrected chi connectivity index (χ1v) is 4.35. The fourth-order valence-electron chi connectivity index (χ4n) is 0.880. The molecule has 1 unspecified atom stereocenters. The predicted molar refractivity (Wildman–Crippen MR) is 49.2 cm³/mol. The lowest BCUT2D eigenvalue weighted by molar-refractivity contribution is 0.112. The van der Waals surface area contributed by atoms with E-state index in [1.54, 1.807) is 6.07 Å². The van der Waals surface area contributed by atoms with Gasteiger partial charge in [0.15, 0.2) is 0 Å². The molecule has 0 fully saturated rings. The summed E-state index contributed by atoms with van der Waals surface area (Å²) in [5, 5.41) is 0. The summed E-state index contributed by atoms with van der Waals surface area (Å²) in [4.78, 5) is 10.7. The first-order chi connectivity index (χ1) is 5.24. The molecule has 2 heteroatoms. The number of rotatable bonds is 2. The summed E-state index contributed by atoms with van der Waals surface area (Å²) in [6.45, 7) is 2.03. The molecule has 1 rings (SSSR count). The Hall–Kier alpha value is -0.630. The Labute approximate surface area is 74.6 Å². The maximum Gasteiger partial charge on any atom is 0.150 e. The zero-order valence-electron chi connectivity index (χ0n) is 6.25. The van der Waals surface area contributed by atoms with E-state index in [9.17, 15) is 4.79 Å². The van der Waals surface area contributed by atoms with E-state index >= 15 is 0 Å². The van der Waals surface area contributed by atoms with Crippen LogP contribution in [0, 0.1) is 0 Å². The first kappa shape index (κ1) is 8.47. The second kappa shape index (κ2) is 3.67. The molecule has 0 saturated heterocycles. The fourth-order valence-corrected chi connectivity index (χ4v) is 1.16. The second-order valence-electron chi connectivity index (χ2n) is 2.40. The molecule has 0 N–H and O–H groups in total. The zero-order chi connectivity index (χ0) is 8.27. The van der Waals surface area contributed by atoms with Crippen LogP contribution >= 0.6 is 15.9 Å². The fraction of sp³-hybridized carbons (Fsp3) is 0.222. The van der Waals surface area contributed by atoms with Crippen molar-refractivity contribution < 1.29 is 4.79 Å². The van der Waals surface area contributed by atoms with Crippen LogP contribution in [0.3, 0.4) is 0 Å². The van der Waals surface area contributed by atoms with Crippen molar-refractivity contribution in [3.8, 4) is 0 Å². The van der Waals surface area contributed by atoms with Crippen LogP contribution in [0.25, 0.3) is 0 Å². The van der Waals surface area contributed by atoms with Gasteiger partial charge in [-0.25, -0.2) is 0 Å². The summed E-state index contributed by atoms with van der Waals surface area (Å²) in [7, 11) is 0. The highest BCUT2D eigenvalue weighted by molar-refractivity contribution is 9.09. The van der Waals surface area contributed by atoms with Crippen molar-refractivity contribution in [1.82, 2.24) is 0 Å². The van der Waals surface area contributed by atoms with Crippen LogP contribution < -0.4 is 0 Å². The third-order valence-corrected chi connectivity index (χ3v) is 2.03. The van der Waals surface area contributed by atoms with Crippen LogP contribution in [0.2, 0.25) is 0 Å². The van der Waals surface area contributed by atoms with E-state index in [1.807, 2.05) is 25.1 Å². The van der Waals surface area contributed by atoms with E-state index in [0.717, 1.165) is 17.4 Å². The van der Waals surface area contributed by atoms with Crippen LogP contribution in [0.15, 0.2) is 24.3 Å². The molecule has 1 nitrogen and oxygen atoms in total. The Bertz CT molecular complexity index is 255. The minimum Gasteiger partial charge on any atom is -0.298 e. The summed E-state index contributed by atoms with van der Waals surface area (Å²) in [5.74, 6) is 0. The average molecular weight is 213 g/mol. The standard InChI is InChI=1S/C9H9BrO/c1-7(10)9-4-2-3-8(5-9)6-11/h2-7H,1H3. The maximum absolute atomic E-state index is 10.4. The quantitative estimate of drug-likeness (QED) is 0.545. The molecule has 0 spiro atoms. The van der Waals surface area contributed by atoms with Gasteiger partial charge in [-0.3, -0.25) is 4.79 Å². The van der Waals surface area contributed by atoms with E-state index < -0.39 is 0 Å². The summed E-state index contributed by atoms with van der Waals surface area (Å²) >= 11 is 3.43. The molecule has 1 aromatic rings. The molecule has 1 aromatic carbocycles. The lowest BCUT2D eigenvalue weighted by atomic mass is 10.1. The van der Waals surface area contributed by atoms with Crippen LogP contribution in [0.4, 0.5) is 0 Å². The van der Waals surface area contributed by atoms with Crippen LogP contribution in [0.1, 0.15) is 27.7 Å². The van der Waals surface area contributed by atoms with Gasteiger partial charge in [-0.2, -0.15) is 0 Å². The Kier molecular flexibility index (Phi) is 2.83. The molecular formula is C9H9BrO. The van der Waals surface area contributed by atoms with Gasteiger partial charge >= 0.3 is 0 Å². The SMILES string of the molecule is CC(Br)c1cccc(C=O)c1. The number of hydrogen-bond donors (Lipinski definition) is 0. The molecule has 0 aliphatic carbocycles. The van der Waals surface area contributed by atoms with Gasteiger partial charge in [0, 0.05) is 10.4 Å².